The number of aromatic nitrogens is 3. The zero-order chi connectivity index (χ0) is 31.6. The smallest absolute Gasteiger partial charge is 0.137 e. The minimum atomic E-state index is 0.898. The summed E-state index contributed by atoms with van der Waals surface area (Å²) in [6.07, 6.45) is 3.84. The van der Waals surface area contributed by atoms with Crippen LogP contribution >= 0.6 is 0 Å². The third kappa shape index (κ3) is 4.03. The van der Waals surface area contributed by atoms with Gasteiger partial charge in [0, 0.05) is 50.9 Å². The maximum Gasteiger partial charge on any atom is 0.137 e. The number of nitrogens with zero attached hydrogens (tertiary/aromatic N) is 4. The van der Waals surface area contributed by atoms with Gasteiger partial charge in [0.25, 0.3) is 0 Å². The number of pyridine rings is 2. The Bertz CT molecular complexity index is 2690. The fourth-order valence-corrected chi connectivity index (χ4v) is 7.43. The van der Waals surface area contributed by atoms with Gasteiger partial charge in [0.05, 0.1) is 28.1 Å². The molecule has 3 aromatic heterocycles. The van der Waals surface area contributed by atoms with Crippen molar-refractivity contribution in [3.63, 3.8) is 0 Å². The van der Waals surface area contributed by atoms with E-state index in [0.717, 1.165) is 50.6 Å². The van der Waals surface area contributed by atoms with E-state index in [1.807, 2.05) is 24.5 Å². The van der Waals surface area contributed by atoms with Crippen LogP contribution in [0.1, 0.15) is 0 Å². The first kappa shape index (κ1) is 26.7. The summed E-state index contributed by atoms with van der Waals surface area (Å²) in [7, 11) is 0. The molecule has 10 rings (SSSR count). The highest BCUT2D eigenvalue weighted by molar-refractivity contribution is 6.11. The van der Waals surface area contributed by atoms with E-state index in [1.165, 1.54) is 38.4 Å². The first-order valence-corrected chi connectivity index (χ1v) is 16.2. The second-order valence-electron chi connectivity index (χ2n) is 12.3. The molecule has 9 aromatic rings. The van der Waals surface area contributed by atoms with Crippen molar-refractivity contribution < 1.29 is 0 Å². The average Bonchev–Trinajstić information content (AvgIpc) is 3.42. The summed E-state index contributed by atoms with van der Waals surface area (Å²) in [6, 6.07) is 56.4. The summed E-state index contributed by atoms with van der Waals surface area (Å²) < 4.78 is 2.28. The Morgan fingerprint density at radius 3 is 2.00 bits per heavy atom. The lowest BCUT2D eigenvalue weighted by Crippen LogP contribution is -2.11. The Balaban J connectivity index is 1.27. The van der Waals surface area contributed by atoms with Crippen molar-refractivity contribution in [1.29, 1.82) is 0 Å². The summed E-state index contributed by atoms with van der Waals surface area (Å²) in [4.78, 5) is 12.1. The van der Waals surface area contributed by atoms with Gasteiger partial charge in [-0.3, -0.25) is 9.55 Å². The molecule has 0 aliphatic carbocycles. The topological polar surface area (TPSA) is 34.0 Å². The van der Waals surface area contributed by atoms with E-state index >= 15 is 0 Å². The van der Waals surface area contributed by atoms with Crippen LogP contribution in [0.2, 0.25) is 0 Å². The fourth-order valence-electron chi connectivity index (χ4n) is 7.43. The SMILES string of the molecule is c1ccc(-n2c3ccccc3c3ccc(N4c5ccccc5-c5ccccc5-c5ccc(-c6cc7ccccc7cn6)cc54)cc32)nc1. The summed E-state index contributed by atoms with van der Waals surface area (Å²) in [5.74, 6) is 0.898. The quantitative estimate of drug-likeness (QED) is 0.199. The van der Waals surface area contributed by atoms with Gasteiger partial charge in [-0.25, -0.2) is 4.98 Å². The van der Waals surface area contributed by atoms with Gasteiger partial charge in [-0.05, 0) is 65.0 Å². The second-order valence-corrected chi connectivity index (χ2v) is 12.3. The summed E-state index contributed by atoms with van der Waals surface area (Å²) in [5, 5.41) is 4.72. The van der Waals surface area contributed by atoms with Gasteiger partial charge in [0.15, 0.2) is 0 Å². The molecule has 0 unspecified atom stereocenters. The van der Waals surface area contributed by atoms with E-state index in [0.29, 0.717) is 0 Å². The van der Waals surface area contributed by atoms with Crippen LogP contribution in [0.15, 0.2) is 170 Å². The number of rotatable bonds is 3. The number of benzene rings is 6. The second kappa shape index (κ2) is 10.5. The standard InChI is InChI=1S/C44H28N4/c1-2-12-31-28-46-39(25-29(31)11-1)30-20-22-37-34-14-4-3-13-33(34)35-15-5-7-17-40(35)47(42(37)26-30)32-21-23-38-36-16-6-8-18-41(36)48(43(38)27-32)44-19-9-10-24-45-44/h1-28H. The molecule has 0 spiro atoms. The van der Waals surface area contributed by atoms with Crippen LogP contribution in [0.3, 0.4) is 0 Å². The molecule has 0 saturated heterocycles. The largest absolute Gasteiger partial charge is 0.309 e. The molecule has 0 radical (unpaired) electrons. The Kier molecular flexibility index (Phi) is 5.84. The molecule has 0 atom stereocenters. The molecule has 224 valence electrons. The van der Waals surface area contributed by atoms with Gasteiger partial charge in [-0.15, -0.1) is 0 Å². The molecule has 1 aliphatic heterocycles. The van der Waals surface area contributed by atoms with Crippen molar-refractivity contribution in [2.45, 2.75) is 0 Å². The molecule has 4 heteroatoms. The number of para-hydroxylation sites is 2. The Morgan fingerprint density at radius 1 is 0.438 bits per heavy atom. The van der Waals surface area contributed by atoms with Crippen LogP contribution in [-0.2, 0) is 0 Å². The van der Waals surface area contributed by atoms with Crippen molar-refractivity contribution in [1.82, 2.24) is 14.5 Å². The Labute approximate surface area is 277 Å². The number of anilines is 3. The summed E-state index contributed by atoms with van der Waals surface area (Å²) in [5.41, 5.74) is 12.4. The fraction of sp³-hybridized carbons (Fsp3) is 0. The maximum absolute atomic E-state index is 4.92. The maximum atomic E-state index is 4.92. The first-order chi connectivity index (χ1) is 23.8. The Hall–Kier alpha value is -6.52. The van der Waals surface area contributed by atoms with E-state index in [1.54, 1.807) is 0 Å². The van der Waals surface area contributed by atoms with Crippen LogP contribution in [0.4, 0.5) is 17.1 Å². The summed E-state index contributed by atoms with van der Waals surface area (Å²) in [6.45, 7) is 0. The third-order valence-electron chi connectivity index (χ3n) is 9.61. The highest BCUT2D eigenvalue weighted by atomic mass is 15.2. The van der Waals surface area contributed by atoms with Gasteiger partial charge in [0.2, 0.25) is 0 Å². The van der Waals surface area contributed by atoms with Gasteiger partial charge in [-0.1, -0.05) is 109 Å². The van der Waals surface area contributed by atoms with Crippen molar-refractivity contribution >= 4 is 49.6 Å². The van der Waals surface area contributed by atoms with Crippen molar-refractivity contribution in [3.05, 3.63) is 170 Å². The molecule has 4 heterocycles. The van der Waals surface area contributed by atoms with Crippen molar-refractivity contribution in [3.8, 4) is 39.3 Å². The average molecular weight is 613 g/mol. The van der Waals surface area contributed by atoms with Gasteiger partial charge in [-0.2, -0.15) is 0 Å². The van der Waals surface area contributed by atoms with Crippen LogP contribution in [0.5, 0.6) is 0 Å². The van der Waals surface area contributed by atoms with Crippen LogP contribution in [-0.4, -0.2) is 14.5 Å². The van der Waals surface area contributed by atoms with Crippen molar-refractivity contribution in [2.24, 2.45) is 0 Å². The zero-order valence-electron chi connectivity index (χ0n) is 26.0. The molecule has 4 nitrogen and oxygen atoms in total. The molecule has 0 amide bonds. The van der Waals surface area contributed by atoms with Crippen molar-refractivity contribution in [2.75, 3.05) is 4.90 Å². The molecule has 6 aromatic carbocycles. The Morgan fingerprint density at radius 2 is 1.15 bits per heavy atom. The van der Waals surface area contributed by atoms with Gasteiger partial charge in [0.1, 0.15) is 5.82 Å². The van der Waals surface area contributed by atoms with Crippen LogP contribution in [0.25, 0.3) is 71.9 Å². The molecular formula is C44H28N4. The highest BCUT2D eigenvalue weighted by Crippen LogP contribution is 2.52. The van der Waals surface area contributed by atoms with E-state index < -0.39 is 0 Å². The van der Waals surface area contributed by atoms with E-state index in [2.05, 4.69) is 155 Å². The lowest BCUT2D eigenvalue weighted by Gasteiger charge is -2.28. The van der Waals surface area contributed by atoms with Gasteiger partial charge < -0.3 is 4.90 Å². The minimum Gasteiger partial charge on any atom is -0.309 e. The lowest BCUT2D eigenvalue weighted by atomic mass is 9.94. The monoisotopic (exact) mass is 612 g/mol. The molecule has 48 heavy (non-hydrogen) atoms. The minimum absolute atomic E-state index is 0.898. The summed E-state index contributed by atoms with van der Waals surface area (Å²) >= 11 is 0. The van der Waals surface area contributed by atoms with Crippen LogP contribution < -0.4 is 4.90 Å². The zero-order valence-corrected chi connectivity index (χ0v) is 26.0. The van der Waals surface area contributed by atoms with Gasteiger partial charge >= 0.3 is 0 Å². The molecule has 0 fully saturated rings. The predicted molar refractivity (Wildman–Crippen MR) is 198 cm³/mol. The number of fused-ring (bicyclic) bond motifs is 9. The molecule has 0 saturated carbocycles. The van der Waals surface area contributed by atoms with E-state index in [9.17, 15) is 0 Å². The van der Waals surface area contributed by atoms with Crippen LogP contribution in [0, 0.1) is 0 Å². The molecule has 1 aliphatic rings. The predicted octanol–water partition coefficient (Wildman–Crippen LogP) is 11.5. The molecular weight excluding hydrogens is 585 g/mol. The molecule has 0 bridgehead atoms. The highest BCUT2D eigenvalue weighted by Gasteiger charge is 2.27. The van der Waals surface area contributed by atoms with E-state index in [4.69, 9.17) is 9.97 Å². The number of hydrogen-bond acceptors (Lipinski definition) is 3. The van der Waals surface area contributed by atoms with E-state index in [-0.39, 0.29) is 0 Å². The third-order valence-corrected chi connectivity index (χ3v) is 9.61. The first-order valence-electron chi connectivity index (χ1n) is 16.2. The lowest BCUT2D eigenvalue weighted by molar-refractivity contribution is 1.08. The number of hydrogen-bond donors (Lipinski definition) is 0. The normalized spacial score (nSPS) is 12.1. The molecule has 0 N–H and O–H groups in total.